The number of hydrogen-bond acceptors (Lipinski definition) is 9. The average molecular weight is 531 g/mol. The van der Waals surface area contributed by atoms with E-state index in [1.54, 1.807) is 43.3 Å². The Bertz CT molecular complexity index is 1110. The normalized spacial score (nSPS) is 23.1. The first kappa shape index (κ1) is 28.9. The van der Waals surface area contributed by atoms with Gasteiger partial charge in [-0.25, -0.2) is 0 Å². The van der Waals surface area contributed by atoms with Gasteiger partial charge in [-0.2, -0.15) is 0 Å². The van der Waals surface area contributed by atoms with E-state index in [2.05, 4.69) is 10.6 Å². The van der Waals surface area contributed by atoms with Crippen molar-refractivity contribution in [2.24, 2.45) is 0 Å². The quantitative estimate of drug-likeness (QED) is 0.183. The van der Waals surface area contributed by atoms with Gasteiger partial charge in [-0.05, 0) is 67.8 Å². The highest BCUT2D eigenvalue weighted by Gasteiger charge is 2.43. The number of aromatic hydroxyl groups is 1. The van der Waals surface area contributed by atoms with Gasteiger partial charge in [0.2, 0.25) is 12.2 Å². The first-order valence-corrected chi connectivity index (χ1v) is 12.3. The number of phenols is 1. The van der Waals surface area contributed by atoms with Gasteiger partial charge in [-0.15, -0.1) is 0 Å². The van der Waals surface area contributed by atoms with E-state index in [0.717, 1.165) is 0 Å². The minimum atomic E-state index is -1.45. The van der Waals surface area contributed by atoms with E-state index in [1.165, 1.54) is 25.3 Å². The standard InChI is InChI=1S/C27H34N2O9/c1-16-23(32)24(33)25(34)27(37-16)38-20-11-5-17(15-21(20)36-2)6-12-22(31)28-13-3-4-14-29-26(35)18-7-9-19(30)10-8-18/h5-12,15-16,23-25,27,30,32-34H,3-4,13-14H2,1-2H3,(H,28,31)(H,29,35). The van der Waals surface area contributed by atoms with E-state index in [9.17, 15) is 30.0 Å². The highest BCUT2D eigenvalue weighted by molar-refractivity contribution is 5.94. The van der Waals surface area contributed by atoms with Crippen LogP contribution in [0.25, 0.3) is 6.08 Å². The molecule has 1 aliphatic rings. The van der Waals surface area contributed by atoms with Crippen molar-refractivity contribution in [1.82, 2.24) is 10.6 Å². The minimum Gasteiger partial charge on any atom is -0.508 e. The van der Waals surface area contributed by atoms with E-state index in [-0.39, 0.29) is 23.3 Å². The van der Waals surface area contributed by atoms with Gasteiger partial charge in [-0.1, -0.05) is 6.07 Å². The lowest BCUT2D eigenvalue weighted by atomic mass is 10.00. The van der Waals surface area contributed by atoms with Gasteiger partial charge in [0.25, 0.3) is 5.91 Å². The third-order valence-electron chi connectivity index (χ3n) is 5.98. The molecule has 0 aromatic heterocycles. The molecule has 2 aromatic rings. The number of hydrogen-bond donors (Lipinski definition) is 6. The molecule has 0 spiro atoms. The molecule has 2 amide bonds. The fourth-order valence-corrected chi connectivity index (χ4v) is 3.73. The number of rotatable bonds is 11. The monoisotopic (exact) mass is 530 g/mol. The number of benzene rings is 2. The molecule has 3 rings (SSSR count). The van der Waals surface area contributed by atoms with Crippen molar-refractivity contribution in [3.8, 4) is 17.2 Å². The maximum atomic E-state index is 12.1. The molecule has 1 aliphatic heterocycles. The number of carbonyl (C=O) groups excluding carboxylic acids is 2. The Balaban J connectivity index is 1.41. The lowest BCUT2D eigenvalue weighted by Crippen LogP contribution is -2.58. The van der Waals surface area contributed by atoms with Crippen LogP contribution in [0.4, 0.5) is 0 Å². The second kappa shape index (κ2) is 13.8. The third-order valence-corrected chi connectivity index (χ3v) is 5.98. The highest BCUT2D eigenvalue weighted by atomic mass is 16.7. The van der Waals surface area contributed by atoms with Crippen molar-refractivity contribution in [2.45, 2.75) is 50.5 Å². The third kappa shape index (κ3) is 7.93. The van der Waals surface area contributed by atoms with Crippen LogP contribution >= 0.6 is 0 Å². The molecule has 0 radical (unpaired) electrons. The number of unbranched alkanes of at least 4 members (excludes halogenated alkanes) is 1. The van der Waals surface area contributed by atoms with E-state index in [4.69, 9.17) is 14.2 Å². The summed E-state index contributed by atoms with van der Waals surface area (Å²) in [6, 6.07) is 10.9. The summed E-state index contributed by atoms with van der Waals surface area (Å²) in [4.78, 5) is 24.2. The van der Waals surface area contributed by atoms with E-state index in [1.807, 2.05) is 0 Å². The summed E-state index contributed by atoms with van der Waals surface area (Å²) in [5.74, 6) is 0.174. The molecule has 1 saturated heterocycles. The van der Waals surface area contributed by atoms with Crippen molar-refractivity contribution in [1.29, 1.82) is 0 Å². The van der Waals surface area contributed by atoms with Crippen LogP contribution in [0.1, 0.15) is 35.7 Å². The van der Waals surface area contributed by atoms with Gasteiger partial charge in [0.1, 0.15) is 24.1 Å². The van der Waals surface area contributed by atoms with Crippen molar-refractivity contribution in [3.63, 3.8) is 0 Å². The van der Waals surface area contributed by atoms with Crippen LogP contribution < -0.4 is 20.1 Å². The van der Waals surface area contributed by atoms with Gasteiger partial charge in [0, 0.05) is 24.7 Å². The van der Waals surface area contributed by atoms with Gasteiger partial charge >= 0.3 is 0 Å². The first-order valence-electron chi connectivity index (χ1n) is 12.3. The zero-order chi connectivity index (χ0) is 27.7. The number of carbonyl (C=O) groups is 2. The van der Waals surface area contributed by atoms with Gasteiger partial charge in [-0.3, -0.25) is 9.59 Å². The summed E-state index contributed by atoms with van der Waals surface area (Å²) in [7, 11) is 1.44. The number of phenolic OH excluding ortho intramolecular Hbond substituents is 1. The molecule has 11 nitrogen and oxygen atoms in total. The number of nitrogens with one attached hydrogen (secondary N) is 2. The van der Waals surface area contributed by atoms with Crippen LogP contribution in [0, 0.1) is 0 Å². The van der Waals surface area contributed by atoms with Crippen molar-refractivity contribution < 1.29 is 44.2 Å². The Morgan fingerprint density at radius 1 is 0.947 bits per heavy atom. The van der Waals surface area contributed by atoms with E-state index < -0.39 is 30.7 Å². The molecular formula is C27H34N2O9. The molecule has 5 unspecified atom stereocenters. The van der Waals surface area contributed by atoms with Crippen LogP contribution in [0.2, 0.25) is 0 Å². The van der Waals surface area contributed by atoms with Crippen LogP contribution in [0.15, 0.2) is 48.5 Å². The predicted molar refractivity (Wildman–Crippen MR) is 138 cm³/mol. The summed E-state index contributed by atoms with van der Waals surface area (Å²) in [6.45, 7) is 2.46. The Hall–Kier alpha value is -3.64. The lowest BCUT2D eigenvalue weighted by molar-refractivity contribution is -0.268. The van der Waals surface area contributed by atoms with Crippen molar-refractivity contribution in [3.05, 3.63) is 59.7 Å². The summed E-state index contributed by atoms with van der Waals surface area (Å²) in [5.41, 5.74) is 1.13. The van der Waals surface area contributed by atoms with E-state index >= 15 is 0 Å². The molecule has 5 atom stereocenters. The zero-order valence-electron chi connectivity index (χ0n) is 21.2. The second-order valence-corrected chi connectivity index (χ2v) is 8.84. The Kier molecular flexibility index (Phi) is 10.5. The van der Waals surface area contributed by atoms with E-state index in [0.29, 0.717) is 42.8 Å². The molecule has 38 heavy (non-hydrogen) atoms. The molecule has 206 valence electrons. The summed E-state index contributed by atoms with van der Waals surface area (Å²) in [6.07, 6.45) is -1.70. The fourth-order valence-electron chi connectivity index (χ4n) is 3.73. The Morgan fingerprint density at radius 2 is 1.63 bits per heavy atom. The van der Waals surface area contributed by atoms with Crippen LogP contribution in [0.3, 0.4) is 0 Å². The van der Waals surface area contributed by atoms with Gasteiger partial charge in [0.15, 0.2) is 11.5 Å². The number of aliphatic hydroxyl groups excluding tert-OH is 3. The first-order chi connectivity index (χ1) is 18.2. The summed E-state index contributed by atoms with van der Waals surface area (Å²) < 4.78 is 16.5. The lowest BCUT2D eigenvalue weighted by Gasteiger charge is -2.39. The van der Waals surface area contributed by atoms with Crippen LogP contribution in [0.5, 0.6) is 17.2 Å². The topological polar surface area (TPSA) is 167 Å². The number of amides is 2. The molecule has 0 bridgehead atoms. The van der Waals surface area contributed by atoms with Crippen LogP contribution in [-0.2, 0) is 9.53 Å². The summed E-state index contributed by atoms with van der Waals surface area (Å²) in [5, 5.41) is 44.8. The molecule has 2 aromatic carbocycles. The SMILES string of the molecule is COc1cc(C=CC(=O)NCCCCNC(=O)c2ccc(O)cc2)ccc1OC1OC(C)C(O)C(O)C1O. The van der Waals surface area contributed by atoms with Crippen molar-refractivity contribution in [2.75, 3.05) is 20.2 Å². The second-order valence-electron chi connectivity index (χ2n) is 8.84. The molecule has 11 heteroatoms. The number of ether oxygens (including phenoxy) is 3. The number of methoxy groups -OCH3 is 1. The molecule has 0 aliphatic carbocycles. The molecule has 6 N–H and O–H groups in total. The maximum Gasteiger partial charge on any atom is 0.251 e. The smallest absolute Gasteiger partial charge is 0.251 e. The number of aliphatic hydroxyl groups is 3. The highest BCUT2D eigenvalue weighted by Crippen LogP contribution is 2.32. The van der Waals surface area contributed by atoms with Crippen molar-refractivity contribution >= 4 is 17.9 Å². The van der Waals surface area contributed by atoms with Gasteiger partial charge < -0.3 is 45.3 Å². The Labute approximate surface area is 220 Å². The minimum absolute atomic E-state index is 0.0976. The van der Waals surface area contributed by atoms with Crippen LogP contribution in [-0.4, -0.2) is 83.1 Å². The molecule has 0 saturated carbocycles. The molecule has 1 heterocycles. The predicted octanol–water partition coefficient (Wildman–Crippen LogP) is 0.947. The molecule has 1 fully saturated rings. The largest absolute Gasteiger partial charge is 0.508 e. The molecular weight excluding hydrogens is 496 g/mol. The summed E-state index contributed by atoms with van der Waals surface area (Å²) >= 11 is 0. The fraction of sp³-hybridized carbons (Fsp3) is 0.407. The Morgan fingerprint density at radius 3 is 2.32 bits per heavy atom. The van der Waals surface area contributed by atoms with Gasteiger partial charge in [0.05, 0.1) is 13.2 Å². The zero-order valence-corrected chi connectivity index (χ0v) is 21.2. The maximum absolute atomic E-state index is 12.1. The average Bonchev–Trinajstić information content (AvgIpc) is 2.91.